The Bertz CT molecular complexity index is 458. The second kappa shape index (κ2) is 8.41. The maximum Gasteiger partial charge on any atom is 0.319 e. The number of rotatable bonds is 7. The Balaban J connectivity index is 2.63. The molecule has 0 saturated carbocycles. The van der Waals surface area contributed by atoms with Crippen LogP contribution in [0.1, 0.15) is 13.8 Å². The maximum atomic E-state index is 12.2. The number of para-hydroxylation sites is 2. The Morgan fingerprint density at radius 1 is 1.33 bits per heavy atom. The quantitative estimate of drug-likeness (QED) is 0.724. The number of benzene rings is 1. The van der Waals surface area contributed by atoms with Gasteiger partial charge in [-0.1, -0.05) is 19.1 Å². The second-order valence-electron chi connectivity index (χ2n) is 4.75. The lowest BCUT2D eigenvalue weighted by Crippen LogP contribution is -2.40. The summed E-state index contributed by atoms with van der Waals surface area (Å²) in [4.78, 5) is 11.8. The van der Waals surface area contributed by atoms with E-state index >= 15 is 0 Å². The van der Waals surface area contributed by atoms with E-state index < -0.39 is 19.1 Å². The lowest BCUT2D eigenvalue weighted by molar-refractivity contribution is 0.0823. The fourth-order valence-corrected chi connectivity index (χ4v) is 1.51. The fourth-order valence-electron chi connectivity index (χ4n) is 1.51. The number of anilines is 1. The zero-order valence-electron chi connectivity index (χ0n) is 12.0. The highest BCUT2D eigenvalue weighted by Crippen LogP contribution is 2.24. The van der Waals surface area contributed by atoms with Crippen LogP contribution in [-0.2, 0) is 0 Å². The van der Waals surface area contributed by atoms with Crippen molar-refractivity contribution < 1.29 is 23.4 Å². The number of alkyl halides is 2. The summed E-state index contributed by atoms with van der Waals surface area (Å²) in [6.07, 6.45) is -2.59. The maximum absolute atomic E-state index is 12.2. The fraction of sp³-hybridized carbons (Fsp3) is 0.500. The van der Waals surface area contributed by atoms with Crippen LogP contribution < -0.4 is 15.4 Å². The average molecular weight is 302 g/mol. The average Bonchev–Trinajstić information content (AvgIpc) is 2.45. The normalized spacial score (nSPS) is 13.6. The topological polar surface area (TPSA) is 70.6 Å². The number of halogens is 2. The number of aliphatic hydroxyl groups is 1. The van der Waals surface area contributed by atoms with Gasteiger partial charge in [0.05, 0.1) is 5.69 Å². The first-order valence-corrected chi connectivity index (χ1v) is 6.62. The molecular formula is C14H20F2N2O3. The van der Waals surface area contributed by atoms with Crippen molar-refractivity contribution in [3.05, 3.63) is 24.3 Å². The van der Waals surface area contributed by atoms with Crippen LogP contribution in [0.15, 0.2) is 24.3 Å². The number of ether oxygens (including phenoxy) is 1. The molecular weight excluding hydrogens is 282 g/mol. The van der Waals surface area contributed by atoms with Crippen molar-refractivity contribution >= 4 is 11.7 Å². The monoisotopic (exact) mass is 302 g/mol. The molecule has 21 heavy (non-hydrogen) atoms. The van der Waals surface area contributed by atoms with Gasteiger partial charge in [-0.15, -0.1) is 0 Å². The van der Waals surface area contributed by atoms with Gasteiger partial charge in [0.25, 0.3) is 6.43 Å². The van der Waals surface area contributed by atoms with Crippen LogP contribution in [0.4, 0.5) is 19.3 Å². The molecule has 0 aliphatic heterocycles. The summed E-state index contributed by atoms with van der Waals surface area (Å²) in [6, 6.07) is 5.61. The zero-order chi connectivity index (χ0) is 15.8. The Morgan fingerprint density at radius 2 is 2.00 bits per heavy atom. The number of aliphatic hydroxyl groups excluding tert-OH is 1. The molecule has 0 aliphatic carbocycles. The van der Waals surface area contributed by atoms with Crippen molar-refractivity contribution in [2.45, 2.75) is 26.3 Å². The zero-order valence-corrected chi connectivity index (χ0v) is 12.0. The predicted molar refractivity (Wildman–Crippen MR) is 75.8 cm³/mol. The highest BCUT2D eigenvalue weighted by atomic mass is 19.3. The molecule has 5 nitrogen and oxygen atoms in total. The van der Waals surface area contributed by atoms with Gasteiger partial charge in [-0.3, -0.25) is 0 Å². The van der Waals surface area contributed by atoms with E-state index in [4.69, 9.17) is 9.84 Å². The van der Waals surface area contributed by atoms with Crippen LogP contribution >= 0.6 is 0 Å². The van der Waals surface area contributed by atoms with E-state index in [1.165, 1.54) is 6.07 Å². The summed E-state index contributed by atoms with van der Waals surface area (Å²) in [7, 11) is 0. The minimum absolute atomic E-state index is 0.0461. The molecule has 0 spiro atoms. The molecule has 118 valence electrons. The van der Waals surface area contributed by atoms with Gasteiger partial charge < -0.3 is 20.5 Å². The summed E-state index contributed by atoms with van der Waals surface area (Å²) >= 11 is 0. The highest BCUT2D eigenvalue weighted by Gasteiger charge is 2.15. The Kier molecular flexibility index (Phi) is 6.87. The number of hydrogen-bond donors (Lipinski definition) is 3. The second-order valence-corrected chi connectivity index (χ2v) is 4.75. The van der Waals surface area contributed by atoms with Crippen LogP contribution in [0.25, 0.3) is 0 Å². The molecule has 1 rings (SSSR count). The van der Waals surface area contributed by atoms with Crippen LogP contribution in [0.2, 0.25) is 0 Å². The van der Waals surface area contributed by atoms with Crippen molar-refractivity contribution in [2.75, 3.05) is 18.5 Å². The van der Waals surface area contributed by atoms with Gasteiger partial charge in [-0.25, -0.2) is 13.6 Å². The van der Waals surface area contributed by atoms with Crippen LogP contribution in [0.5, 0.6) is 5.75 Å². The minimum Gasteiger partial charge on any atom is -0.485 e. The number of nitrogens with one attached hydrogen (secondary N) is 2. The predicted octanol–water partition coefficient (Wildman–Crippen LogP) is 2.47. The van der Waals surface area contributed by atoms with Gasteiger partial charge in [0.15, 0.2) is 0 Å². The van der Waals surface area contributed by atoms with E-state index in [9.17, 15) is 13.6 Å². The molecule has 2 amide bonds. The molecule has 1 aromatic carbocycles. The van der Waals surface area contributed by atoms with E-state index in [0.29, 0.717) is 5.69 Å². The number of carbonyl (C=O) groups excluding carboxylic acids is 1. The molecule has 0 aromatic heterocycles. The molecule has 2 atom stereocenters. The van der Waals surface area contributed by atoms with Gasteiger partial charge in [-0.2, -0.15) is 0 Å². The molecule has 1 aromatic rings. The van der Waals surface area contributed by atoms with E-state index in [-0.39, 0.29) is 24.3 Å². The summed E-state index contributed by atoms with van der Waals surface area (Å²) in [5.41, 5.74) is 0.305. The smallest absolute Gasteiger partial charge is 0.319 e. The molecule has 0 heterocycles. The number of hydrogen-bond acceptors (Lipinski definition) is 3. The van der Waals surface area contributed by atoms with Gasteiger partial charge >= 0.3 is 6.03 Å². The van der Waals surface area contributed by atoms with Crippen LogP contribution in [-0.4, -0.2) is 36.8 Å². The number of urea groups is 1. The molecule has 2 unspecified atom stereocenters. The molecule has 0 fully saturated rings. The van der Waals surface area contributed by atoms with Gasteiger partial charge in [-0.05, 0) is 25.0 Å². The third-order valence-corrected chi connectivity index (χ3v) is 3.00. The van der Waals surface area contributed by atoms with Gasteiger partial charge in [0.2, 0.25) is 0 Å². The number of carbonyl (C=O) groups is 1. The summed E-state index contributed by atoms with van der Waals surface area (Å²) in [6.45, 7) is 2.78. The standard InChI is InChI=1S/C14H20F2N2O3/c1-9(7-19)10(2)17-14(20)18-11-5-3-4-6-12(11)21-8-13(15)16/h3-6,9-10,13,19H,7-8H2,1-2H3,(H2,17,18,20). The summed E-state index contributed by atoms with van der Waals surface area (Å²) < 4.78 is 29.3. The van der Waals surface area contributed by atoms with Crippen LogP contribution in [0.3, 0.4) is 0 Å². The Hall–Kier alpha value is -1.89. The van der Waals surface area contributed by atoms with Gasteiger partial charge in [0, 0.05) is 12.6 Å². The van der Waals surface area contributed by atoms with Gasteiger partial charge in [0.1, 0.15) is 12.4 Å². The highest BCUT2D eigenvalue weighted by molar-refractivity contribution is 5.91. The van der Waals surface area contributed by atoms with E-state index in [0.717, 1.165) is 0 Å². The first-order valence-electron chi connectivity index (χ1n) is 6.62. The molecule has 0 radical (unpaired) electrons. The van der Waals surface area contributed by atoms with Crippen molar-refractivity contribution in [1.29, 1.82) is 0 Å². The van der Waals surface area contributed by atoms with Crippen LogP contribution in [0, 0.1) is 5.92 Å². The summed E-state index contributed by atoms with van der Waals surface area (Å²) in [5.74, 6) is 0.0805. The van der Waals surface area contributed by atoms with Crippen molar-refractivity contribution in [3.63, 3.8) is 0 Å². The van der Waals surface area contributed by atoms with Crippen molar-refractivity contribution in [3.8, 4) is 5.75 Å². The molecule has 0 bridgehead atoms. The molecule has 0 saturated heterocycles. The third-order valence-electron chi connectivity index (χ3n) is 3.00. The van der Waals surface area contributed by atoms with E-state index in [2.05, 4.69) is 10.6 Å². The number of amides is 2. The van der Waals surface area contributed by atoms with Crippen molar-refractivity contribution in [1.82, 2.24) is 5.32 Å². The third kappa shape index (κ3) is 5.95. The first-order chi connectivity index (χ1) is 9.93. The summed E-state index contributed by atoms with van der Waals surface area (Å²) in [5, 5.41) is 14.2. The lowest BCUT2D eigenvalue weighted by atomic mass is 10.1. The molecule has 7 heteroatoms. The van der Waals surface area contributed by atoms with Crippen molar-refractivity contribution in [2.24, 2.45) is 5.92 Å². The Morgan fingerprint density at radius 3 is 2.62 bits per heavy atom. The first kappa shape index (κ1) is 17.2. The van der Waals surface area contributed by atoms with E-state index in [1.54, 1.807) is 32.0 Å². The Labute approximate surface area is 122 Å². The largest absolute Gasteiger partial charge is 0.485 e. The molecule has 3 N–H and O–H groups in total. The lowest BCUT2D eigenvalue weighted by Gasteiger charge is -2.20. The minimum atomic E-state index is -2.59. The molecule has 0 aliphatic rings. The SMILES string of the molecule is CC(CO)C(C)NC(=O)Nc1ccccc1OCC(F)F. The van der Waals surface area contributed by atoms with E-state index in [1.807, 2.05) is 0 Å².